The zero-order chi connectivity index (χ0) is 19.7. The molecule has 1 aromatic carbocycles. The first-order valence-corrected chi connectivity index (χ1v) is 9.48. The third kappa shape index (κ3) is 3.24. The summed E-state index contributed by atoms with van der Waals surface area (Å²) in [7, 11) is 0. The van der Waals surface area contributed by atoms with Crippen molar-refractivity contribution in [3.63, 3.8) is 0 Å². The molecular weight excluding hydrogens is 356 g/mol. The SMILES string of the molecule is CCn1ncc2c(C(=O)NC3(CC(=O)O)CCC3)cc(-c3ccccc3)nc21. The summed E-state index contributed by atoms with van der Waals surface area (Å²) < 4.78 is 1.76. The van der Waals surface area contributed by atoms with Crippen molar-refractivity contribution in [1.82, 2.24) is 20.1 Å². The Morgan fingerprint density at radius 3 is 2.61 bits per heavy atom. The number of aryl methyl sites for hydroxylation is 1. The van der Waals surface area contributed by atoms with Crippen molar-refractivity contribution in [2.24, 2.45) is 0 Å². The van der Waals surface area contributed by atoms with E-state index in [2.05, 4.69) is 10.4 Å². The molecule has 0 radical (unpaired) electrons. The van der Waals surface area contributed by atoms with Crippen molar-refractivity contribution in [3.05, 3.63) is 48.2 Å². The number of hydrogen-bond acceptors (Lipinski definition) is 4. The van der Waals surface area contributed by atoms with E-state index in [1.807, 2.05) is 37.3 Å². The van der Waals surface area contributed by atoms with Crippen LogP contribution in [-0.2, 0) is 11.3 Å². The number of aliphatic carboxylic acids is 1. The maximum atomic E-state index is 13.2. The van der Waals surface area contributed by atoms with Gasteiger partial charge >= 0.3 is 5.97 Å². The molecule has 0 aliphatic heterocycles. The van der Waals surface area contributed by atoms with Crippen LogP contribution >= 0.6 is 0 Å². The zero-order valence-electron chi connectivity index (χ0n) is 15.7. The summed E-state index contributed by atoms with van der Waals surface area (Å²) in [5.74, 6) is -1.18. The van der Waals surface area contributed by atoms with Crippen LogP contribution < -0.4 is 5.32 Å². The minimum atomic E-state index is -0.899. The van der Waals surface area contributed by atoms with Crippen LogP contribution in [0, 0.1) is 0 Å². The van der Waals surface area contributed by atoms with Gasteiger partial charge in [0.15, 0.2) is 5.65 Å². The van der Waals surface area contributed by atoms with Crippen LogP contribution in [0.15, 0.2) is 42.6 Å². The minimum absolute atomic E-state index is 0.0628. The average Bonchev–Trinajstić information content (AvgIpc) is 3.08. The van der Waals surface area contributed by atoms with Crippen LogP contribution in [0.2, 0.25) is 0 Å². The molecule has 28 heavy (non-hydrogen) atoms. The van der Waals surface area contributed by atoms with E-state index in [1.54, 1.807) is 16.9 Å². The van der Waals surface area contributed by atoms with Gasteiger partial charge in [-0.3, -0.25) is 9.59 Å². The average molecular weight is 378 g/mol. The molecule has 1 amide bonds. The lowest BCUT2D eigenvalue weighted by molar-refractivity contribution is -0.139. The van der Waals surface area contributed by atoms with Gasteiger partial charge in [0.2, 0.25) is 0 Å². The Balaban J connectivity index is 1.78. The van der Waals surface area contributed by atoms with Crippen molar-refractivity contribution in [3.8, 4) is 11.3 Å². The van der Waals surface area contributed by atoms with Crippen LogP contribution in [0.25, 0.3) is 22.3 Å². The largest absolute Gasteiger partial charge is 0.481 e. The Morgan fingerprint density at radius 2 is 2.00 bits per heavy atom. The Morgan fingerprint density at radius 1 is 1.25 bits per heavy atom. The molecule has 0 unspecified atom stereocenters. The molecule has 7 nitrogen and oxygen atoms in total. The van der Waals surface area contributed by atoms with Gasteiger partial charge in [-0.15, -0.1) is 0 Å². The van der Waals surface area contributed by atoms with Gasteiger partial charge in [0, 0.05) is 12.1 Å². The predicted octanol–water partition coefficient (Wildman–Crippen LogP) is 3.25. The van der Waals surface area contributed by atoms with E-state index < -0.39 is 11.5 Å². The molecule has 2 aromatic heterocycles. The van der Waals surface area contributed by atoms with Gasteiger partial charge in [-0.05, 0) is 32.3 Å². The number of carboxylic acid groups (broad SMARTS) is 1. The van der Waals surface area contributed by atoms with Gasteiger partial charge < -0.3 is 10.4 Å². The van der Waals surface area contributed by atoms with Crippen molar-refractivity contribution < 1.29 is 14.7 Å². The minimum Gasteiger partial charge on any atom is -0.481 e. The van der Waals surface area contributed by atoms with Gasteiger partial charge in [-0.25, -0.2) is 9.67 Å². The summed E-state index contributed by atoms with van der Waals surface area (Å²) in [6.07, 6.45) is 3.87. The molecule has 0 spiro atoms. The van der Waals surface area contributed by atoms with Gasteiger partial charge in [0.1, 0.15) is 0 Å². The molecule has 4 rings (SSSR count). The number of amides is 1. The van der Waals surface area contributed by atoms with Crippen LogP contribution in [0.1, 0.15) is 43.0 Å². The van der Waals surface area contributed by atoms with Crippen LogP contribution in [0.4, 0.5) is 0 Å². The smallest absolute Gasteiger partial charge is 0.305 e. The number of fused-ring (bicyclic) bond motifs is 1. The number of carbonyl (C=O) groups is 2. The highest BCUT2D eigenvalue weighted by Gasteiger charge is 2.40. The first kappa shape index (κ1) is 18.2. The number of pyridine rings is 1. The molecule has 1 aliphatic carbocycles. The standard InChI is InChI=1S/C21H22N4O3/c1-2-25-19-16(13-22-25)15(11-17(23-19)14-7-4-3-5-8-14)20(28)24-21(9-6-10-21)12-18(26)27/h3-5,7-8,11,13H,2,6,9-10,12H2,1H3,(H,24,28)(H,26,27). The quantitative estimate of drug-likeness (QED) is 0.686. The van der Waals surface area contributed by atoms with Crippen molar-refractivity contribution in [2.75, 3.05) is 0 Å². The van der Waals surface area contributed by atoms with Gasteiger partial charge in [-0.2, -0.15) is 5.10 Å². The molecule has 0 atom stereocenters. The molecular formula is C21H22N4O3. The van der Waals surface area contributed by atoms with E-state index in [0.717, 1.165) is 12.0 Å². The van der Waals surface area contributed by atoms with Gasteiger partial charge in [0.05, 0.1) is 34.8 Å². The third-order valence-corrected chi connectivity index (χ3v) is 5.40. The monoisotopic (exact) mass is 378 g/mol. The summed E-state index contributed by atoms with van der Waals surface area (Å²) in [6, 6.07) is 11.4. The normalized spacial score (nSPS) is 15.2. The molecule has 1 aliphatic rings. The third-order valence-electron chi connectivity index (χ3n) is 5.40. The fourth-order valence-electron chi connectivity index (χ4n) is 3.77. The maximum Gasteiger partial charge on any atom is 0.305 e. The maximum absolute atomic E-state index is 13.2. The van der Waals surface area contributed by atoms with Crippen LogP contribution in [0.5, 0.6) is 0 Å². The highest BCUT2D eigenvalue weighted by Crippen LogP contribution is 2.36. The molecule has 1 fully saturated rings. The van der Waals surface area contributed by atoms with E-state index in [0.29, 0.717) is 41.7 Å². The Kier molecular flexibility index (Phi) is 4.58. The van der Waals surface area contributed by atoms with Crippen LogP contribution in [0.3, 0.4) is 0 Å². The highest BCUT2D eigenvalue weighted by molar-refractivity contribution is 6.07. The fraction of sp³-hybridized carbons (Fsp3) is 0.333. The lowest BCUT2D eigenvalue weighted by atomic mass is 9.74. The molecule has 2 N–H and O–H groups in total. The van der Waals surface area contributed by atoms with Crippen molar-refractivity contribution in [2.45, 2.75) is 44.7 Å². The number of aromatic nitrogens is 3. The number of rotatable bonds is 6. The summed E-state index contributed by atoms with van der Waals surface area (Å²) in [5.41, 5.74) is 2.06. The second-order valence-electron chi connectivity index (χ2n) is 7.28. The van der Waals surface area contributed by atoms with Crippen molar-refractivity contribution in [1.29, 1.82) is 0 Å². The fourth-order valence-corrected chi connectivity index (χ4v) is 3.77. The zero-order valence-corrected chi connectivity index (χ0v) is 15.7. The number of carbonyl (C=O) groups excluding carboxylic acids is 1. The predicted molar refractivity (Wildman–Crippen MR) is 105 cm³/mol. The molecule has 144 valence electrons. The molecule has 0 bridgehead atoms. The Bertz CT molecular complexity index is 1040. The second kappa shape index (κ2) is 7.07. The molecule has 0 saturated heterocycles. The molecule has 7 heteroatoms. The van der Waals surface area contributed by atoms with Crippen LogP contribution in [-0.4, -0.2) is 37.3 Å². The summed E-state index contributed by atoms with van der Waals surface area (Å²) in [4.78, 5) is 29.1. The summed E-state index contributed by atoms with van der Waals surface area (Å²) in [5, 5.41) is 17.2. The first-order valence-electron chi connectivity index (χ1n) is 9.48. The lowest BCUT2D eigenvalue weighted by Crippen LogP contribution is -2.54. The number of carboxylic acids is 1. The van der Waals surface area contributed by atoms with Gasteiger partial charge in [-0.1, -0.05) is 30.3 Å². The van der Waals surface area contributed by atoms with E-state index in [4.69, 9.17) is 4.98 Å². The Labute approximate surface area is 162 Å². The van der Waals surface area contributed by atoms with Crippen molar-refractivity contribution >= 4 is 22.9 Å². The first-order chi connectivity index (χ1) is 13.5. The molecule has 3 aromatic rings. The molecule has 2 heterocycles. The number of hydrogen-bond donors (Lipinski definition) is 2. The molecule has 1 saturated carbocycles. The second-order valence-corrected chi connectivity index (χ2v) is 7.28. The van der Waals surface area contributed by atoms with E-state index in [9.17, 15) is 14.7 Å². The Hall–Kier alpha value is -3.22. The number of nitrogens with zero attached hydrogens (tertiary/aromatic N) is 3. The van der Waals surface area contributed by atoms with Gasteiger partial charge in [0.25, 0.3) is 5.91 Å². The summed E-state index contributed by atoms with van der Waals surface area (Å²) in [6.45, 7) is 2.61. The van der Waals surface area contributed by atoms with E-state index in [1.165, 1.54) is 0 Å². The number of benzene rings is 1. The van der Waals surface area contributed by atoms with E-state index in [-0.39, 0.29) is 12.3 Å². The topological polar surface area (TPSA) is 97.1 Å². The lowest BCUT2D eigenvalue weighted by Gasteiger charge is -2.41. The highest BCUT2D eigenvalue weighted by atomic mass is 16.4. The van der Waals surface area contributed by atoms with E-state index >= 15 is 0 Å². The summed E-state index contributed by atoms with van der Waals surface area (Å²) >= 11 is 0. The number of nitrogens with one attached hydrogen (secondary N) is 1.